The van der Waals surface area contributed by atoms with Gasteiger partial charge in [0, 0.05) is 30.2 Å². The van der Waals surface area contributed by atoms with Crippen molar-refractivity contribution >= 4 is 28.6 Å². The average Bonchev–Trinajstić information content (AvgIpc) is 3.24. The van der Waals surface area contributed by atoms with Crippen LogP contribution in [0, 0.1) is 0 Å². The molecule has 3 aromatic rings. The van der Waals surface area contributed by atoms with Crippen molar-refractivity contribution in [1.29, 1.82) is 0 Å². The number of hydrogen-bond acceptors (Lipinski definition) is 7. The zero-order valence-corrected chi connectivity index (χ0v) is 14.3. The molecule has 0 aliphatic heterocycles. The summed E-state index contributed by atoms with van der Waals surface area (Å²) in [4.78, 5) is 29.4. The van der Waals surface area contributed by atoms with Crippen LogP contribution in [0.5, 0.6) is 0 Å². The second-order valence-corrected chi connectivity index (χ2v) is 6.71. The van der Waals surface area contributed by atoms with E-state index in [4.69, 9.17) is 0 Å². The molecule has 25 heavy (non-hydrogen) atoms. The van der Waals surface area contributed by atoms with Crippen LogP contribution < -0.4 is 0 Å². The average molecular weight is 385 g/mol. The summed E-state index contributed by atoms with van der Waals surface area (Å²) in [6.07, 6.45) is 0.0914. The molecule has 0 aromatic carbocycles. The van der Waals surface area contributed by atoms with Gasteiger partial charge >= 0.3 is 6.18 Å². The van der Waals surface area contributed by atoms with E-state index in [1.54, 1.807) is 5.38 Å². The van der Waals surface area contributed by atoms with E-state index in [-0.39, 0.29) is 17.2 Å². The summed E-state index contributed by atoms with van der Waals surface area (Å²) in [5, 5.41) is 3.25. The lowest BCUT2D eigenvalue weighted by Crippen LogP contribution is -2.26. The molecule has 0 aliphatic rings. The number of thiazole rings is 2. The fourth-order valence-electron chi connectivity index (χ4n) is 1.88. The second-order valence-electron chi connectivity index (χ2n) is 4.91. The van der Waals surface area contributed by atoms with Gasteiger partial charge in [0.05, 0.1) is 12.7 Å². The first kappa shape index (κ1) is 17.4. The van der Waals surface area contributed by atoms with Crippen molar-refractivity contribution in [2.75, 3.05) is 7.05 Å². The molecule has 0 bridgehead atoms. The Kier molecular flexibility index (Phi) is 4.77. The van der Waals surface area contributed by atoms with Gasteiger partial charge in [-0.05, 0) is 0 Å². The fourth-order valence-corrected chi connectivity index (χ4v) is 3.49. The van der Waals surface area contributed by atoms with Gasteiger partial charge < -0.3 is 4.90 Å². The van der Waals surface area contributed by atoms with E-state index >= 15 is 0 Å². The SMILES string of the molecule is CN(Cc1nc(C(F)(F)F)cs1)C(=O)c1csc(-c2cnccn2)n1. The molecule has 0 unspecified atom stereocenters. The number of rotatable bonds is 4. The Hall–Kier alpha value is -2.40. The molecule has 0 radical (unpaired) electrons. The van der Waals surface area contributed by atoms with E-state index in [1.807, 2.05) is 0 Å². The molecule has 3 rings (SSSR count). The largest absolute Gasteiger partial charge is 0.434 e. The molecule has 130 valence electrons. The first-order chi connectivity index (χ1) is 11.8. The minimum absolute atomic E-state index is 0.0302. The van der Waals surface area contributed by atoms with Crippen molar-refractivity contribution in [2.45, 2.75) is 12.7 Å². The Balaban J connectivity index is 1.71. The third-order valence-corrected chi connectivity index (χ3v) is 4.77. The number of carbonyl (C=O) groups excluding carboxylic acids is 1. The number of hydrogen-bond donors (Lipinski definition) is 0. The van der Waals surface area contributed by atoms with Crippen molar-refractivity contribution < 1.29 is 18.0 Å². The molecule has 0 atom stereocenters. The van der Waals surface area contributed by atoms with Crippen LogP contribution in [0.25, 0.3) is 10.7 Å². The predicted molar refractivity (Wildman–Crippen MR) is 86.1 cm³/mol. The van der Waals surface area contributed by atoms with Gasteiger partial charge in [-0.2, -0.15) is 13.2 Å². The summed E-state index contributed by atoms with van der Waals surface area (Å²) in [5.74, 6) is -0.407. The monoisotopic (exact) mass is 385 g/mol. The lowest BCUT2D eigenvalue weighted by molar-refractivity contribution is -0.140. The highest BCUT2D eigenvalue weighted by Crippen LogP contribution is 2.30. The summed E-state index contributed by atoms with van der Waals surface area (Å²) < 4.78 is 37.7. The van der Waals surface area contributed by atoms with Crippen molar-refractivity contribution in [2.24, 2.45) is 0 Å². The topological polar surface area (TPSA) is 71.9 Å². The smallest absolute Gasteiger partial charge is 0.334 e. The van der Waals surface area contributed by atoms with Gasteiger partial charge in [0.2, 0.25) is 0 Å². The van der Waals surface area contributed by atoms with Gasteiger partial charge in [0.1, 0.15) is 21.4 Å². The lowest BCUT2D eigenvalue weighted by atomic mass is 10.4. The van der Waals surface area contributed by atoms with Crippen LogP contribution in [0.3, 0.4) is 0 Å². The molecule has 3 heterocycles. The Morgan fingerprint density at radius 3 is 2.64 bits per heavy atom. The van der Waals surface area contributed by atoms with Crippen molar-refractivity contribution in [3.05, 3.63) is 45.7 Å². The lowest BCUT2D eigenvalue weighted by Gasteiger charge is -2.13. The molecule has 11 heteroatoms. The predicted octanol–water partition coefficient (Wildman–Crippen LogP) is 3.35. The van der Waals surface area contributed by atoms with E-state index in [1.165, 1.54) is 41.9 Å². The number of nitrogens with zero attached hydrogens (tertiary/aromatic N) is 5. The van der Waals surface area contributed by atoms with Crippen molar-refractivity contribution in [3.8, 4) is 10.7 Å². The summed E-state index contributed by atoms with van der Waals surface area (Å²) >= 11 is 2.10. The highest BCUT2D eigenvalue weighted by molar-refractivity contribution is 7.13. The number of alkyl halides is 3. The Labute approximate surface area is 148 Å². The van der Waals surface area contributed by atoms with E-state index in [2.05, 4.69) is 19.9 Å². The second kappa shape index (κ2) is 6.84. The summed E-state index contributed by atoms with van der Waals surface area (Å²) in [6, 6.07) is 0. The molecular weight excluding hydrogens is 375 g/mol. The minimum atomic E-state index is -4.49. The van der Waals surface area contributed by atoms with Crippen molar-refractivity contribution in [1.82, 2.24) is 24.8 Å². The van der Waals surface area contributed by atoms with E-state index in [0.29, 0.717) is 10.7 Å². The van der Waals surface area contributed by atoms with Crippen LogP contribution in [0.1, 0.15) is 21.2 Å². The normalized spacial score (nSPS) is 11.5. The van der Waals surface area contributed by atoms with E-state index < -0.39 is 17.8 Å². The first-order valence-corrected chi connectivity index (χ1v) is 8.59. The molecule has 0 saturated heterocycles. The molecule has 6 nitrogen and oxygen atoms in total. The highest BCUT2D eigenvalue weighted by Gasteiger charge is 2.33. The molecule has 0 saturated carbocycles. The molecule has 0 aliphatic carbocycles. The van der Waals surface area contributed by atoms with Gasteiger partial charge in [-0.15, -0.1) is 22.7 Å². The molecule has 0 N–H and O–H groups in total. The third-order valence-electron chi connectivity index (χ3n) is 3.07. The van der Waals surface area contributed by atoms with Gasteiger partial charge in [-0.25, -0.2) is 9.97 Å². The Morgan fingerprint density at radius 1 is 1.20 bits per heavy atom. The maximum atomic E-state index is 12.6. The Morgan fingerprint density at radius 2 is 2.00 bits per heavy atom. The number of halogens is 3. The Bertz CT molecular complexity index is 878. The van der Waals surface area contributed by atoms with Gasteiger partial charge in [-0.1, -0.05) is 0 Å². The molecular formula is C14H10F3N5OS2. The van der Waals surface area contributed by atoms with Gasteiger partial charge in [-0.3, -0.25) is 14.8 Å². The number of carbonyl (C=O) groups is 1. The van der Waals surface area contributed by atoms with Crippen LogP contribution in [-0.4, -0.2) is 37.8 Å². The highest BCUT2D eigenvalue weighted by atomic mass is 32.1. The zero-order chi connectivity index (χ0) is 18.0. The quantitative estimate of drug-likeness (QED) is 0.689. The minimum Gasteiger partial charge on any atom is -0.334 e. The molecule has 3 aromatic heterocycles. The molecule has 1 amide bonds. The van der Waals surface area contributed by atoms with Crippen LogP contribution in [-0.2, 0) is 12.7 Å². The van der Waals surface area contributed by atoms with Gasteiger partial charge in [0.15, 0.2) is 5.69 Å². The summed E-state index contributed by atoms with van der Waals surface area (Å²) in [6.45, 7) is -0.0302. The first-order valence-electron chi connectivity index (χ1n) is 6.83. The number of amides is 1. The standard InChI is InChI=1S/C14H10F3N5OS2/c1-22(5-11-21-10(7-24-11)14(15,16)17)13(23)9-6-25-12(20-9)8-4-18-2-3-19-8/h2-4,6-7H,5H2,1H3. The summed E-state index contributed by atoms with van der Waals surface area (Å²) in [5.41, 5.74) is -0.211. The number of aromatic nitrogens is 4. The molecule has 0 spiro atoms. The maximum Gasteiger partial charge on any atom is 0.434 e. The van der Waals surface area contributed by atoms with E-state index in [0.717, 1.165) is 16.7 Å². The van der Waals surface area contributed by atoms with Crippen molar-refractivity contribution in [3.63, 3.8) is 0 Å². The van der Waals surface area contributed by atoms with E-state index in [9.17, 15) is 18.0 Å². The van der Waals surface area contributed by atoms with Gasteiger partial charge in [0.25, 0.3) is 5.91 Å². The fraction of sp³-hybridized carbons (Fsp3) is 0.214. The van der Waals surface area contributed by atoms with Crippen LogP contribution >= 0.6 is 22.7 Å². The van der Waals surface area contributed by atoms with Crippen LogP contribution in [0.2, 0.25) is 0 Å². The van der Waals surface area contributed by atoms with Crippen LogP contribution in [0.4, 0.5) is 13.2 Å². The summed E-state index contributed by atoms with van der Waals surface area (Å²) in [7, 11) is 1.48. The molecule has 0 fully saturated rings. The van der Waals surface area contributed by atoms with Crippen LogP contribution in [0.15, 0.2) is 29.4 Å². The third kappa shape index (κ3) is 3.99. The maximum absolute atomic E-state index is 12.6. The zero-order valence-electron chi connectivity index (χ0n) is 12.7.